The van der Waals surface area contributed by atoms with E-state index >= 15 is 0 Å². The minimum atomic E-state index is -0.224. The van der Waals surface area contributed by atoms with Crippen LogP contribution in [0.15, 0.2) is 79.1 Å². The predicted molar refractivity (Wildman–Crippen MR) is 161 cm³/mol. The summed E-state index contributed by atoms with van der Waals surface area (Å²) >= 11 is 0. The quantitative estimate of drug-likeness (QED) is 0.369. The van der Waals surface area contributed by atoms with Crippen LogP contribution in [0.3, 0.4) is 0 Å². The summed E-state index contributed by atoms with van der Waals surface area (Å²) in [6.07, 6.45) is 7.12. The Balaban J connectivity index is 0.00000220. The third-order valence-electron chi connectivity index (χ3n) is 8.08. The molecule has 9 heteroatoms. The number of ether oxygens (including phenoxy) is 1. The first-order chi connectivity index (χ1) is 18.6. The molecule has 2 aromatic carbocycles. The molecule has 214 valence electrons. The zero-order valence-electron chi connectivity index (χ0n) is 22.8. The van der Waals surface area contributed by atoms with Crippen LogP contribution in [0.1, 0.15) is 53.2 Å². The number of aromatic nitrogens is 1. The fraction of sp³-hybridized carbons (Fsp3) is 0.387. The molecule has 1 atom stereocenters. The lowest BCUT2D eigenvalue weighted by molar-refractivity contribution is -0.138. The summed E-state index contributed by atoms with van der Waals surface area (Å²) in [5.74, 6) is 0.853. The largest absolute Gasteiger partial charge is 0.497 e. The molecule has 0 aliphatic carbocycles. The summed E-state index contributed by atoms with van der Waals surface area (Å²) in [5, 5.41) is 3.24. The van der Waals surface area contributed by atoms with Crippen molar-refractivity contribution in [1.29, 1.82) is 0 Å². The first-order valence-corrected chi connectivity index (χ1v) is 13.5. The van der Waals surface area contributed by atoms with E-state index in [-0.39, 0.29) is 42.2 Å². The molecule has 5 rings (SSSR count). The molecule has 0 bridgehead atoms. The topological polar surface area (TPSA) is 74.8 Å². The molecule has 2 aliphatic rings. The van der Waals surface area contributed by atoms with E-state index in [1.807, 2.05) is 53.6 Å². The van der Waals surface area contributed by atoms with Crippen LogP contribution in [-0.2, 0) is 11.3 Å². The van der Waals surface area contributed by atoms with E-state index in [1.165, 1.54) is 0 Å². The van der Waals surface area contributed by atoms with Gasteiger partial charge in [0.1, 0.15) is 5.75 Å². The molecule has 1 unspecified atom stereocenters. The lowest BCUT2D eigenvalue weighted by atomic mass is 9.77. The number of benzene rings is 2. The molecule has 2 aliphatic heterocycles. The maximum Gasteiger partial charge on any atom is 0.251 e. The molecule has 1 aromatic heterocycles. The summed E-state index contributed by atoms with van der Waals surface area (Å²) in [4.78, 5) is 35.1. The molecular weight excluding hydrogens is 547 g/mol. The number of hydrogen-bond acceptors (Lipinski definition) is 5. The summed E-state index contributed by atoms with van der Waals surface area (Å²) < 4.78 is 5.29. The number of nitrogens with one attached hydrogen (secondary N) is 1. The monoisotopic (exact) mass is 584 g/mol. The van der Waals surface area contributed by atoms with E-state index < -0.39 is 0 Å². The Kier molecular flexibility index (Phi) is 11.4. The molecule has 0 radical (unpaired) electrons. The number of carbonyl (C=O) groups excluding carboxylic acids is 2. The van der Waals surface area contributed by atoms with Crippen molar-refractivity contribution < 1.29 is 14.3 Å². The lowest BCUT2D eigenvalue weighted by Crippen LogP contribution is -2.45. The Labute approximate surface area is 249 Å². The van der Waals surface area contributed by atoms with Gasteiger partial charge in [-0.15, -0.1) is 24.8 Å². The summed E-state index contributed by atoms with van der Waals surface area (Å²) in [6, 6.07) is 21.2. The predicted octanol–water partition coefficient (Wildman–Crippen LogP) is 5.31. The zero-order valence-corrected chi connectivity index (χ0v) is 24.5. The van der Waals surface area contributed by atoms with Crippen LogP contribution in [0.25, 0.3) is 0 Å². The number of carbonyl (C=O) groups is 2. The van der Waals surface area contributed by atoms with E-state index in [0.717, 1.165) is 63.0 Å². The number of halogens is 2. The van der Waals surface area contributed by atoms with E-state index in [4.69, 9.17) is 4.74 Å². The van der Waals surface area contributed by atoms with Crippen molar-refractivity contribution in [1.82, 2.24) is 20.1 Å². The highest BCUT2D eigenvalue weighted by molar-refractivity contribution is 5.94. The van der Waals surface area contributed by atoms with Gasteiger partial charge in [-0.1, -0.05) is 42.5 Å². The number of rotatable bonds is 9. The van der Waals surface area contributed by atoms with E-state index in [0.29, 0.717) is 23.8 Å². The number of hydrogen-bond donors (Lipinski definition) is 1. The molecular formula is C31H38Cl2N4O3. The highest BCUT2D eigenvalue weighted by Gasteiger charge is 2.47. The molecule has 2 amide bonds. The van der Waals surface area contributed by atoms with Crippen LogP contribution in [0.5, 0.6) is 5.75 Å². The van der Waals surface area contributed by atoms with E-state index in [1.54, 1.807) is 25.4 Å². The molecule has 3 aromatic rings. The molecule has 1 spiro atoms. The molecule has 3 heterocycles. The summed E-state index contributed by atoms with van der Waals surface area (Å²) in [5.41, 5.74) is 2.53. The molecule has 2 saturated heterocycles. The first kappa shape index (κ1) is 31.4. The van der Waals surface area contributed by atoms with Crippen LogP contribution in [0.2, 0.25) is 0 Å². The Morgan fingerprint density at radius 3 is 2.45 bits per heavy atom. The summed E-state index contributed by atoms with van der Waals surface area (Å²) in [6.45, 7) is 4.13. The highest BCUT2D eigenvalue weighted by Crippen LogP contribution is 2.42. The van der Waals surface area contributed by atoms with Crippen molar-refractivity contribution in [3.05, 3.63) is 95.8 Å². The van der Waals surface area contributed by atoms with Gasteiger partial charge in [0.2, 0.25) is 5.91 Å². The van der Waals surface area contributed by atoms with Gasteiger partial charge in [0.25, 0.3) is 5.91 Å². The number of amides is 2. The second-order valence-corrected chi connectivity index (χ2v) is 10.4. The van der Waals surface area contributed by atoms with Gasteiger partial charge in [-0.25, -0.2) is 0 Å². The highest BCUT2D eigenvalue weighted by atomic mass is 35.5. The SMILES string of the molecule is COc1cccc(C(=O)NC(CCN2CCC3(CC2)CCN(Cc2cccnc2)C3=O)c2ccccc2)c1.Cl.Cl. The number of pyridine rings is 1. The van der Waals surface area contributed by atoms with Gasteiger partial charge >= 0.3 is 0 Å². The number of likely N-dealkylation sites (tertiary alicyclic amines) is 2. The molecule has 40 heavy (non-hydrogen) atoms. The third kappa shape index (κ3) is 7.33. The molecule has 0 saturated carbocycles. The Bertz CT molecular complexity index is 1240. The second kappa shape index (κ2) is 14.5. The van der Waals surface area contributed by atoms with Gasteiger partial charge < -0.3 is 19.9 Å². The van der Waals surface area contributed by atoms with Gasteiger partial charge in [0.15, 0.2) is 0 Å². The van der Waals surface area contributed by atoms with Gasteiger partial charge in [-0.3, -0.25) is 14.6 Å². The van der Waals surface area contributed by atoms with Crippen molar-refractivity contribution in [2.24, 2.45) is 5.41 Å². The average Bonchev–Trinajstić information content (AvgIpc) is 3.26. The Morgan fingerprint density at radius 1 is 1.00 bits per heavy atom. The van der Waals surface area contributed by atoms with Gasteiger partial charge in [-0.05, 0) is 74.2 Å². The minimum absolute atomic E-state index is 0. The average molecular weight is 586 g/mol. The fourth-order valence-electron chi connectivity index (χ4n) is 5.75. The van der Waals surface area contributed by atoms with Gasteiger partial charge in [0.05, 0.1) is 18.6 Å². The van der Waals surface area contributed by atoms with Crippen LogP contribution < -0.4 is 10.1 Å². The van der Waals surface area contributed by atoms with E-state index in [2.05, 4.69) is 27.3 Å². The zero-order chi connectivity index (χ0) is 26.4. The molecule has 2 fully saturated rings. The third-order valence-corrected chi connectivity index (χ3v) is 8.08. The summed E-state index contributed by atoms with van der Waals surface area (Å²) in [7, 11) is 1.60. The first-order valence-electron chi connectivity index (χ1n) is 13.5. The van der Waals surface area contributed by atoms with Crippen LogP contribution >= 0.6 is 24.8 Å². The number of nitrogens with zero attached hydrogens (tertiary/aromatic N) is 3. The fourth-order valence-corrected chi connectivity index (χ4v) is 5.75. The maximum absolute atomic E-state index is 13.4. The lowest BCUT2D eigenvalue weighted by Gasteiger charge is -2.38. The van der Waals surface area contributed by atoms with Crippen molar-refractivity contribution in [3.8, 4) is 5.75 Å². The molecule has 7 nitrogen and oxygen atoms in total. The number of methoxy groups -OCH3 is 1. The van der Waals surface area contributed by atoms with E-state index in [9.17, 15) is 9.59 Å². The smallest absolute Gasteiger partial charge is 0.251 e. The standard InChI is InChI=1S/C31H36N4O3.2ClH/c1-38-27-11-5-10-26(21-27)29(36)33-28(25-8-3-2-4-9-25)12-17-34-18-13-31(14-19-34)15-20-35(30(31)37)23-24-7-6-16-32-22-24;;/h2-11,16,21-22,28H,12-15,17-20,23H2,1H3,(H,33,36);2*1H. The maximum atomic E-state index is 13.4. The molecule has 1 N–H and O–H groups in total. The van der Waals surface area contributed by atoms with Gasteiger partial charge in [-0.2, -0.15) is 0 Å². The normalized spacial score (nSPS) is 17.0. The van der Waals surface area contributed by atoms with Crippen LogP contribution in [-0.4, -0.2) is 59.9 Å². The van der Waals surface area contributed by atoms with Crippen LogP contribution in [0, 0.1) is 5.41 Å². The number of piperidine rings is 1. The Morgan fingerprint density at radius 2 is 1.75 bits per heavy atom. The van der Waals surface area contributed by atoms with Crippen LogP contribution in [0.4, 0.5) is 0 Å². The second-order valence-electron chi connectivity index (χ2n) is 10.4. The van der Waals surface area contributed by atoms with Gasteiger partial charge in [0, 0.05) is 37.6 Å². The minimum Gasteiger partial charge on any atom is -0.497 e. The van der Waals surface area contributed by atoms with Crippen molar-refractivity contribution >= 4 is 36.6 Å². The van der Waals surface area contributed by atoms with Crippen molar-refractivity contribution in [2.75, 3.05) is 33.3 Å². The van der Waals surface area contributed by atoms with Crippen molar-refractivity contribution in [2.45, 2.75) is 38.3 Å². The van der Waals surface area contributed by atoms with Crippen molar-refractivity contribution in [3.63, 3.8) is 0 Å². The Hall–Kier alpha value is -3.13.